The van der Waals surface area contributed by atoms with Gasteiger partial charge in [0.1, 0.15) is 0 Å². The quantitative estimate of drug-likeness (QED) is 0.480. The van der Waals surface area contributed by atoms with Crippen LogP contribution in [0, 0.1) is 0 Å². The third kappa shape index (κ3) is 6.23. The van der Waals surface area contributed by atoms with Crippen LogP contribution in [0.3, 0.4) is 0 Å². The van der Waals surface area contributed by atoms with Crippen LogP contribution < -0.4 is 18.9 Å². The Balaban J connectivity index is 0.000000332. The molecule has 0 amide bonds. The molecule has 7 heteroatoms. The number of aliphatic imine (C=N–C) groups is 2. The predicted octanol–water partition coefficient (Wildman–Crippen LogP) is 6.02. The molecule has 4 rings (SSSR count). The number of alkyl halides is 1. The van der Waals surface area contributed by atoms with Crippen LogP contribution in [0.15, 0.2) is 34.3 Å². The SMILES string of the molecule is C.COc1cc2c(cc1OC)C(C)=NCCC2.COc1cc2c(cc1OC)C(CCl)=NCCC2.[2HH]. The second-order valence-electron chi connectivity index (χ2n) is 7.86. The molecule has 2 aromatic carbocycles. The molecule has 0 radical (unpaired) electrons. The van der Waals surface area contributed by atoms with Gasteiger partial charge >= 0.3 is 0 Å². The molecule has 34 heavy (non-hydrogen) atoms. The summed E-state index contributed by atoms with van der Waals surface area (Å²) in [5.74, 6) is 3.50. The minimum Gasteiger partial charge on any atom is -0.493 e. The number of benzene rings is 2. The summed E-state index contributed by atoms with van der Waals surface area (Å²) in [5, 5.41) is 0. The summed E-state index contributed by atoms with van der Waals surface area (Å²) in [5.41, 5.74) is 6.86. The molecule has 0 aromatic heterocycles. The van der Waals surface area contributed by atoms with E-state index in [1.165, 1.54) is 16.7 Å². The molecule has 0 saturated heterocycles. The van der Waals surface area contributed by atoms with Crippen LogP contribution in [0.2, 0.25) is 0 Å². The predicted molar refractivity (Wildman–Crippen MR) is 144 cm³/mol. The second kappa shape index (κ2) is 13.2. The number of hydrogen-bond donors (Lipinski definition) is 0. The first-order valence-corrected chi connectivity index (χ1v) is 11.7. The molecule has 0 unspecified atom stereocenters. The molecule has 0 fully saturated rings. The van der Waals surface area contributed by atoms with E-state index >= 15 is 0 Å². The molecular weight excluding hydrogens is 452 g/mol. The number of methoxy groups -OCH3 is 4. The minimum absolute atomic E-state index is 0. The Labute approximate surface area is 210 Å². The van der Waals surface area contributed by atoms with Gasteiger partial charge in [0.25, 0.3) is 0 Å². The standard InChI is InChI=1S/C13H16ClNO2.C13H17NO2.CH4.H2/c1-16-12-6-9-4-3-5-15-11(8-14)10(9)7-13(12)17-2;1-9-11-8-13(16-3)12(15-2)7-10(11)5-4-6-14-9;;/h6-7H,3-5,8H2,1-2H3;7-8H,4-6H2,1-3H3;1H4;1H/i;;;1+1. The summed E-state index contributed by atoms with van der Waals surface area (Å²) in [6, 6.07) is 8.10. The summed E-state index contributed by atoms with van der Waals surface area (Å²) in [6.07, 6.45) is 4.19. The van der Waals surface area contributed by atoms with E-state index in [4.69, 9.17) is 30.5 Å². The molecule has 0 aliphatic carbocycles. The molecule has 0 spiro atoms. The van der Waals surface area contributed by atoms with Crippen molar-refractivity contribution in [3.63, 3.8) is 0 Å². The van der Waals surface area contributed by atoms with E-state index in [9.17, 15) is 0 Å². The van der Waals surface area contributed by atoms with Crippen molar-refractivity contribution in [2.24, 2.45) is 9.98 Å². The Morgan fingerprint density at radius 3 is 1.68 bits per heavy atom. The molecule has 2 aliphatic rings. The van der Waals surface area contributed by atoms with Crippen molar-refractivity contribution >= 4 is 23.0 Å². The fourth-order valence-electron chi connectivity index (χ4n) is 4.15. The number of fused-ring (bicyclic) bond motifs is 2. The van der Waals surface area contributed by atoms with Gasteiger partial charge in [-0.1, -0.05) is 7.43 Å². The molecule has 6 nitrogen and oxygen atoms in total. The third-order valence-electron chi connectivity index (χ3n) is 5.91. The summed E-state index contributed by atoms with van der Waals surface area (Å²) in [4.78, 5) is 9.02. The van der Waals surface area contributed by atoms with Crippen LogP contribution in [-0.2, 0) is 12.8 Å². The van der Waals surface area contributed by atoms with Crippen molar-refractivity contribution in [3.8, 4) is 23.0 Å². The molecule has 0 N–H and O–H groups in total. The molecule has 0 atom stereocenters. The number of ether oxygens (including phenoxy) is 4. The zero-order valence-corrected chi connectivity index (χ0v) is 20.9. The first-order chi connectivity index (χ1) is 16.1. The van der Waals surface area contributed by atoms with Gasteiger partial charge in [0.05, 0.1) is 40.0 Å². The number of nitrogens with zero attached hydrogens (tertiary/aromatic N) is 2. The van der Waals surface area contributed by atoms with Crippen molar-refractivity contribution in [2.75, 3.05) is 47.4 Å². The first-order valence-electron chi connectivity index (χ1n) is 11.2. The Morgan fingerprint density at radius 1 is 0.735 bits per heavy atom. The molecule has 188 valence electrons. The highest BCUT2D eigenvalue weighted by Crippen LogP contribution is 2.33. The van der Waals surface area contributed by atoms with Crippen molar-refractivity contribution in [2.45, 2.75) is 40.0 Å². The van der Waals surface area contributed by atoms with E-state index in [-0.39, 0.29) is 8.85 Å². The fourth-order valence-corrected chi connectivity index (χ4v) is 4.37. The van der Waals surface area contributed by atoms with Crippen LogP contribution >= 0.6 is 11.6 Å². The highest BCUT2D eigenvalue weighted by molar-refractivity contribution is 6.32. The van der Waals surface area contributed by atoms with E-state index in [1.54, 1.807) is 28.4 Å². The van der Waals surface area contributed by atoms with Crippen LogP contribution in [0.4, 0.5) is 0 Å². The maximum Gasteiger partial charge on any atom is 0.161 e. The summed E-state index contributed by atoms with van der Waals surface area (Å²) in [7, 11) is 6.62. The van der Waals surface area contributed by atoms with Gasteiger partial charge in [0.2, 0.25) is 0 Å². The third-order valence-corrected chi connectivity index (χ3v) is 6.16. The average Bonchev–Trinajstić information content (AvgIpc) is 3.17. The van der Waals surface area contributed by atoms with Crippen molar-refractivity contribution in [3.05, 3.63) is 46.5 Å². The van der Waals surface area contributed by atoms with E-state index in [2.05, 4.69) is 23.0 Å². The van der Waals surface area contributed by atoms with Gasteiger partial charge in [-0.3, -0.25) is 9.98 Å². The van der Waals surface area contributed by atoms with Gasteiger partial charge in [-0.25, -0.2) is 0 Å². The van der Waals surface area contributed by atoms with Crippen molar-refractivity contribution in [1.29, 1.82) is 0 Å². The lowest BCUT2D eigenvalue weighted by atomic mass is 10.00. The lowest BCUT2D eigenvalue weighted by molar-refractivity contribution is 0.354. The Morgan fingerprint density at radius 2 is 1.18 bits per heavy atom. The molecule has 0 bridgehead atoms. The molecule has 2 heterocycles. The van der Waals surface area contributed by atoms with Crippen LogP contribution in [0.1, 0.15) is 50.9 Å². The normalized spacial score (nSPS) is 14.3. The van der Waals surface area contributed by atoms with Gasteiger partial charge in [-0.2, -0.15) is 0 Å². The Kier molecular flexibility index (Phi) is 10.7. The van der Waals surface area contributed by atoms with Gasteiger partial charge in [-0.15, -0.1) is 11.6 Å². The second-order valence-corrected chi connectivity index (χ2v) is 8.13. The number of hydrogen-bond acceptors (Lipinski definition) is 6. The maximum absolute atomic E-state index is 5.95. The minimum atomic E-state index is 0. The van der Waals surface area contributed by atoms with Crippen LogP contribution in [0.25, 0.3) is 0 Å². The van der Waals surface area contributed by atoms with E-state index < -0.39 is 0 Å². The van der Waals surface area contributed by atoms with E-state index in [0.717, 1.165) is 78.8 Å². The molecule has 2 aromatic rings. The van der Waals surface area contributed by atoms with Gasteiger partial charge in [0, 0.05) is 31.4 Å². The first kappa shape index (κ1) is 27.5. The molecule has 2 aliphatic heterocycles. The van der Waals surface area contributed by atoms with Crippen LogP contribution in [0.5, 0.6) is 23.0 Å². The zero-order chi connectivity index (χ0) is 23.8. The number of rotatable bonds is 5. The summed E-state index contributed by atoms with van der Waals surface area (Å²) < 4.78 is 21.3. The summed E-state index contributed by atoms with van der Waals surface area (Å²) in [6.45, 7) is 3.79. The number of aryl methyl sites for hydroxylation is 2. The highest BCUT2D eigenvalue weighted by atomic mass is 35.5. The fraction of sp³-hybridized carbons (Fsp3) is 0.481. The monoisotopic (exact) mass is 491 g/mol. The zero-order valence-electron chi connectivity index (χ0n) is 20.2. The lowest BCUT2D eigenvalue weighted by Gasteiger charge is -2.13. The van der Waals surface area contributed by atoms with Crippen molar-refractivity contribution < 1.29 is 20.4 Å². The largest absolute Gasteiger partial charge is 0.493 e. The Hall–Kier alpha value is -2.73. The topological polar surface area (TPSA) is 61.6 Å². The summed E-state index contributed by atoms with van der Waals surface area (Å²) >= 11 is 5.95. The highest BCUT2D eigenvalue weighted by Gasteiger charge is 2.17. The smallest absolute Gasteiger partial charge is 0.161 e. The molecule has 0 saturated carbocycles. The van der Waals surface area contributed by atoms with Crippen molar-refractivity contribution in [1.82, 2.24) is 0 Å². The Bertz CT molecular complexity index is 1040. The average molecular weight is 492 g/mol. The van der Waals surface area contributed by atoms with E-state index in [1.807, 2.05) is 18.2 Å². The number of halogens is 1. The van der Waals surface area contributed by atoms with Gasteiger partial charge < -0.3 is 18.9 Å². The maximum atomic E-state index is 5.95. The lowest BCUT2D eigenvalue weighted by Crippen LogP contribution is -2.06. The molecular formula is C27H39ClN2O4. The van der Waals surface area contributed by atoms with Gasteiger partial charge in [0.15, 0.2) is 23.0 Å². The van der Waals surface area contributed by atoms with E-state index in [0.29, 0.717) is 5.88 Å². The van der Waals surface area contributed by atoms with Crippen LogP contribution in [-0.4, -0.2) is 58.8 Å². The van der Waals surface area contributed by atoms with Gasteiger partial charge in [-0.05, 0) is 68.0 Å².